The second-order valence-electron chi connectivity index (χ2n) is 10.4. The van der Waals surface area contributed by atoms with Crippen molar-refractivity contribution >= 4 is 17.2 Å². The van der Waals surface area contributed by atoms with Gasteiger partial charge in [0.2, 0.25) is 0 Å². The summed E-state index contributed by atoms with van der Waals surface area (Å²) in [4.78, 5) is 18.7. The quantitative estimate of drug-likeness (QED) is 0.493. The van der Waals surface area contributed by atoms with Crippen LogP contribution in [0.2, 0.25) is 0 Å². The molecule has 1 aliphatic heterocycles. The number of pyridine rings is 1. The van der Waals surface area contributed by atoms with Crippen LogP contribution in [-0.2, 0) is 12.0 Å². The summed E-state index contributed by atoms with van der Waals surface area (Å²) in [5.74, 6) is 2.51. The predicted octanol–water partition coefficient (Wildman–Crippen LogP) is 4.56. The molecule has 0 atom stereocenters. The number of likely N-dealkylation sites (N-methyl/N-ethyl adjacent to an activating group) is 1. The molecule has 2 aromatic heterocycles. The van der Waals surface area contributed by atoms with Crippen LogP contribution in [0.4, 0.5) is 5.82 Å². The minimum atomic E-state index is 0.118. The molecule has 0 unspecified atom stereocenters. The average molecular weight is 472 g/mol. The summed E-state index contributed by atoms with van der Waals surface area (Å²) < 4.78 is 1.93. The number of aliphatic imine (C=N–C) groups is 1. The monoisotopic (exact) mass is 471 g/mol. The smallest absolute Gasteiger partial charge is 0.195 e. The van der Waals surface area contributed by atoms with E-state index in [1.165, 1.54) is 5.56 Å². The number of piperazine rings is 1. The Hall–Kier alpha value is -3.32. The maximum atomic E-state index is 4.74. The lowest BCUT2D eigenvalue weighted by molar-refractivity contribution is 0.312. The zero-order valence-electron chi connectivity index (χ0n) is 21.9. The summed E-state index contributed by atoms with van der Waals surface area (Å²) in [7, 11) is 2.16. The fourth-order valence-electron chi connectivity index (χ4n) is 4.14. The van der Waals surface area contributed by atoms with Crippen LogP contribution in [0.5, 0.6) is 0 Å². The first-order valence-corrected chi connectivity index (χ1v) is 12.3. The number of aryl methyl sites for hydroxylation is 1. The molecule has 3 aromatic rings. The van der Waals surface area contributed by atoms with Crippen LogP contribution >= 0.6 is 0 Å². The number of aromatic nitrogens is 4. The van der Waals surface area contributed by atoms with Crippen LogP contribution in [0.15, 0.2) is 54.2 Å². The Balaban J connectivity index is 1.47. The van der Waals surface area contributed by atoms with Gasteiger partial charge in [-0.05, 0) is 55.1 Å². The van der Waals surface area contributed by atoms with Crippen molar-refractivity contribution in [2.24, 2.45) is 4.99 Å². The van der Waals surface area contributed by atoms with Crippen molar-refractivity contribution in [1.29, 1.82) is 0 Å². The predicted molar refractivity (Wildman–Crippen MR) is 144 cm³/mol. The number of hydrogen-bond donors (Lipinski definition) is 0. The molecule has 1 aromatic carbocycles. The molecular formula is C28H37N7. The number of rotatable bonds is 6. The van der Waals surface area contributed by atoms with Gasteiger partial charge in [-0.25, -0.2) is 19.6 Å². The molecule has 0 N–H and O–H groups in total. The molecular weight excluding hydrogens is 434 g/mol. The van der Waals surface area contributed by atoms with Gasteiger partial charge in [0.1, 0.15) is 11.6 Å². The molecule has 35 heavy (non-hydrogen) atoms. The Morgan fingerprint density at radius 2 is 1.74 bits per heavy atom. The van der Waals surface area contributed by atoms with Gasteiger partial charge in [-0.1, -0.05) is 51.6 Å². The first kappa shape index (κ1) is 24.8. The molecule has 1 fully saturated rings. The van der Waals surface area contributed by atoms with Crippen molar-refractivity contribution in [1.82, 2.24) is 24.6 Å². The molecule has 4 rings (SSSR count). The molecule has 3 heterocycles. The van der Waals surface area contributed by atoms with E-state index in [1.54, 1.807) is 0 Å². The minimum Gasteiger partial charge on any atom is -0.354 e. The van der Waals surface area contributed by atoms with E-state index in [0.717, 1.165) is 54.7 Å². The number of anilines is 1. The van der Waals surface area contributed by atoms with Gasteiger partial charge in [-0.3, -0.25) is 0 Å². The fraction of sp³-hybridized carbons (Fsp3) is 0.429. The molecule has 1 aliphatic rings. The van der Waals surface area contributed by atoms with Crippen molar-refractivity contribution in [2.45, 2.75) is 46.6 Å². The van der Waals surface area contributed by atoms with Crippen LogP contribution in [0.1, 0.15) is 56.0 Å². The summed E-state index contributed by atoms with van der Waals surface area (Å²) >= 11 is 0. The van der Waals surface area contributed by atoms with Crippen LogP contribution in [0.3, 0.4) is 0 Å². The second-order valence-corrected chi connectivity index (χ2v) is 10.4. The highest BCUT2D eigenvalue weighted by Crippen LogP contribution is 2.24. The van der Waals surface area contributed by atoms with Gasteiger partial charge in [0.15, 0.2) is 5.82 Å². The number of hydrogen-bond acceptors (Lipinski definition) is 6. The van der Waals surface area contributed by atoms with Crippen molar-refractivity contribution in [3.8, 4) is 0 Å². The minimum absolute atomic E-state index is 0.118. The van der Waals surface area contributed by atoms with Gasteiger partial charge in [0.25, 0.3) is 0 Å². The highest BCUT2D eigenvalue weighted by molar-refractivity contribution is 5.98. The third-order valence-corrected chi connectivity index (χ3v) is 6.54. The van der Waals surface area contributed by atoms with E-state index in [4.69, 9.17) is 10.1 Å². The second kappa shape index (κ2) is 10.1. The third kappa shape index (κ3) is 6.03. The Bertz CT molecular complexity index is 1210. The van der Waals surface area contributed by atoms with E-state index < -0.39 is 0 Å². The molecule has 7 heteroatoms. The Labute approximate surface area is 209 Å². The lowest BCUT2D eigenvalue weighted by atomic mass is 9.86. The van der Waals surface area contributed by atoms with Gasteiger partial charge >= 0.3 is 0 Å². The van der Waals surface area contributed by atoms with Gasteiger partial charge in [0, 0.05) is 32.4 Å². The maximum absolute atomic E-state index is 4.74. The normalized spacial score (nSPS) is 15.5. The molecule has 184 valence electrons. The summed E-state index contributed by atoms with van der Waals surface area (Å²) in [6.07, 6.45) is 1.89. The standard InChI is InChI=1S/C28H37N7/c1-20(24-8-10-25(11-9-24)28(4,5)6)30-21(2)27-31-22(3)35(32-27)19-23-12-13-29-26(18-23)34-16-14-33(7)15-17-34/h8-13,18H,1,14-17,19H2,2-7H3. The van der Waals surface area contributed by atoms with Crippen molar-refractivity contribution < 1.29 is 0 Å². The average Bonchev–Trinajstić information content (AvgIpc) is 3.19. The van der Waals surface area contributed by atoms with Crippen LogP contribution in [0, 0.1) is 6.92 Å². The molecule has 0 spiro atoms. The van der Waals surface area contributed by atoms with Crippen molar-refractivity contribution in [2.75, 3.05) is 38.1 Å². The zero-order valence-corrected chi connectivity index (χ0v) is 21.9. The number of benzene rings is 1. The Morgan fingerprint density at radius 3 is 2.40 bits per heavy atom. The van der Waals surface area contributed by atoms with Gasteiger partial charge in [0.05, 0.1) is 18.0 Å². The largest absolute Gasteiger partial charge is 0.354 e. The van der Waals surface area contributed by atoms with E-state index in [-0.39, 0.29) is 5.41 Å². The van der Waals surface area contributed by atoms with Gasteiger partial charge < -0.3 is 9.80 Å². The summed E-state index contributed by atoms with van der Waals surface area (Å²) in [5.41, 5.74) is 5.03. The Kier molecular flexibility index (Phi) is 7.17. The molecule has 7 nitrogen and oxygen atoms in total. The molecule has 0 aliphatic carbocycles. The summed E-state index contributed by atoms with van der Waals surface area (Å²) in [6, 6.07) is 12.7. The zero-order chi connectivity index (χ0) is 25.2. The Morgan fingerprint density at radius 1 is 1.06 bits per heavy atom. The molecule has 0 bridgehead atoms. The van der Waals surface area contributed by atoms with Crippen molar-refractivity contribution in [3.63, 3.8) is 0 Å². The van der Waals surface area contributed by atoms with Gasteiger partial charge in [-0.15, -0.1) is 5.10 Å². The van der Waals surface area contributed by atoms with E-state index >= 15 is 0 Å². The van der Waals surface area contributed by atoms with Crippen molar-refractivity contribution in [3.05, 3.63) is 77.5 Å². The van der Waals surface area contributed by atoms with E-state index in [9.17, 15) is 0 Å². The highest BCUT2D eigenvalue weighted by Gasteiger charge is 2.17. The highest BCUT2D eigenvalue weighted by atomic mass is 15.3. The number of nitrogens with zero attached hydrogens (tertiary/aromatic N) is 7. The third-order valence-electron chi connectivity index (χ3n) is 6.54. The van der Waals surface area contributed by atoms with E-state index in [1.807, 2.05) is 30.8 Å². The summed E-state index contributed by atoms with van der Waals surface area (Å²) in [5, 5.41) is 4.74. The lowest BCUT2D eigenvalue weighted by Crippen LogP contribution is -2.44. The topological polar surface area (TPSA) is 62.4 Å². The van der Waals surface area contributed by atoms with E-state index in [2.05, 4.69) is 84.5 Å². The van der Waals surface area contributed by atoms with Gasteiger partial charge in [-0.2, -0.15) is 0 Å². The lowest BCUT2D eigenvalue weighted by Gasteiger charge is -2.33. The van der Waals surface area contributed by atoms with Crippen LogP contribution in [-0.4, -0.2) is 63.6 Å². The van der Waals surface area contributed by atoms with Crippen LogP contribution in [0.25, 0.3) is 5.70 Å². The molecule has 0 saturated carbocycles. The maximum Gasteiger partial charge on any atom is 0.195 e. The molecule has 0 radical (unpaired) electrons. The van der Waals surface area contributed by atoms with E-state index in [0.29, 0.717) is 18.1 Å². The fourth-order valence-corrected chi connectivity index (χ4v) is 4.14. The molecule has 1 saturated heterocycles. The summed E-state index contributed by atoms with van der Waals surface area (Å²) in [6.45, 7) is 19.5. The van der Waals surface area contributed by atoms with Crippen LogP contribution < -0.4 is 4.90 Å². The SMILES string of the molecule is C=C(N=C(C)c1nc(C)n(Cc2ccnc(N3CCN(C)CC3)c2)n1)c1ccc(C(C)(C)C)cc1. The molecule has 0 amide bonds. The first-order chi connectivity index (χ1) is 16.6. The first-order valence-electron chi connectivity index (χ1n) is 12.3.